The number of hydrogen-bond donors (Lipinski definition) is 0. The Morgan fingerprint density at radius 1 is 1.17 bits per heavy atom. The summed E-state index contributed by atoms with van der Waals surface area (Å²) in [5.74, 6) is 0. The first-order valence-corrected chi connectivity index (χ1v) is 5.42. The van der Waals surface area contributed by atoms with E-state index in [1.54, 1.807) is 6.07 Å². The van der Waals surface area contributed by atoms with Crippen molar-refractivity contribution < 1.29 is 9.72 Å². The zero-order valence-electron chi connectivity index (χ0n) is 9.79. The minimum Gasteiger partial charge on any atom is -0.298 e. The standard InChI is InChI=1S/C14H11NO3/c1-10-3-2-4-11(7-10)14-6-5-13(15(17)18)8-12(14)9-16/h2-9H,1H3. The third kappa shape index (κ3) is 2.27. The molecule has 4 heteroatoms. The fourth-order valence-corrected chi connectivity index (χ4v) is 1.84. The zero-order chi connectivity index (χ0) is 13.1. The van der Waals surface area contributed by atoms with E-state index in [2.05, 4.69) is 0 Å². The average Bonchev–Trinajstić information content (AvgIpc) is 2.37. The summed E-state index contributed by atoms with van der Waals surface area (Å²) >= 11 is 0. The van der Waals surface area contributed by atoms with E-state index in [9.17, 15) is 14.9 Å². The zero-order valence-corrected chi connectivity index (χ0v) is 9.79. The minimum absolute atomic E-state index is 0.0755. The van der Waals surface area contributed by atoms with Gasteiger partial charge >= 0.3 is 0 Å². The molecule has 18 heavy (non-hydrogen) atoms. The predicted molar refractivity (Wildman–Crippen MR) is 68.7 cm³/mol. The van der Waals surface area contributed by atoms with Crippen LogP contribution in [-0.4, -0.2) is 11.2 Å². The highest BCUT2D eigenvalue weighted by atomic mass is 16.6. The summed E-state index contributed by atoms with van der Waals surface area (Å²) in [5, 5.41) is 10.7. The van der Waals surface area contributed by atoms with Gasteiger partial charge in [-0.15, -0.1) is 0 Å². The number of aldehydes is 1. The number of nitro groups is 1. The van der Waals surface area contributed by atoms with Gasteiger partial charge in [0, 0.05) is 17.7 Å². The van der Waals surface area contributed by atoms with Crippen LogP contribution in [-0.2, 0) is 0 Å². The number of nitro benzene ring substituents is 1. The highest BCUT2D eigenvalue weighted by molar-refractivity contribution is 5.88. The highest BCUT2D eigenvalue weighted by Gasteiger charge is 2.11. The Morgan fingerprint density at radius 2 is 1.94 bits per heavy atom. The molecule has 0 aliphatic rings. The van der Waals surface area contributed by atoms with Crippen molar-refractivity contribution in [2.24, 2.45) is 0 Å². The van der Waals surface area contributed by atoms with Gasteiger partial charge in [0.25, 0.3) is 5.69 Å². The molecule has 0 amide bonds. The maximum absolute atomic E-state index is 11.0. The topological polar surface area (TPSA) is 60.2 Å². The van der Waals surface area contributed by atoms with Crippen molar-refractivity contribution >= 4 is 12.0 Å². The van der Waals surface area contributed by atoms with Crippen molar-refractivity contribution in [3.8, 4) is 11.1 Å². The maximum Gasteiger partial charge on any atom is 0.270 e. The molecule has 0 heterocycles. The molecule has 0 unspecified atom stereocenters. The Hall–Kier alpha value is -2.49. The Morgan fingerprint density at radius 3 is 2.56 bits per heavy atom. The monoisotopic (exact) mass is 241 g/mol. The Kier molecular flexibility index (Phi) is 3.19. The van der Waals surface area contributed by atoms with Gasteiger partial charge < -0.3 is 0 Å². The molecule has 2 aromatic carbocycles. The van der Waals surface area contributed by atoms with Gasteiger partial charge in [-0.2, -0.15) is 0 Å². The fraction of sp³-hybridized carbons (Fsp3) is 0.0714. The molecule has 0 atom stereocenters. The smallest absolute Gasteiger partial charge is 0.270 e. The van der Waals surface area contributed by atoms with Crippen LogP contribution >= 0.6 is 0 Å². The molecule has 0 fully saturated rings. The number of nitrogens with zero attached hydrogens (tertiary/aromatic N) is 1. The summed E-state index contributed by atoms with van der Waals surface area (Å²) in [6.45, 7) is 1.95. The van der Waals surface area contributed by atoms with Crippen LogP contribution in [0.4, 0.5) is 5.69 Å². The van der Waals surface area contributed by atoms with E-state index in [1.807, 2.05) is 31.2 Å². The molecular formula is C14H11NO3. The molecule has 0 saturated heterocycles. The molecule has 4 nitrogen and oxygen atoms in total. The molecule has 0 aromatic heterocycles. The Labute approximate surface area is 104 Å². The van der Waals surface area contributed by atoms with Gasteiger partial charge in [-0.3, -0.25) is 14.9 Å². The molecule has 0 radical (unpaired) electrons. The van der Waals surface area contributed by atoms with E-state index in [0.29, 0.717) is 17.4 Å². The van der Waals surface area contributed by atoms with Gasteiger partial charge in [-0.25, -0.2) is 0 Å². The molecule has 2 rings (SSSR count). The minimum atomic E-state index is -0.507. The summed E-state index contributed by atoms with van der Waals surface area (Å²) in [4.78, 5) is 21.2. The lowest BCUT2D eigenvalue weighted by Gasteiger charge is -2.05. The van der Waals surface area contributed by atoms with E-state index in [1.165, 1.54) is 12.1 Å². The SMILES string of the molecule is Cc1cccc(-c2ccc([N+](=O)[O-])cc2C=O)c1. The normalized spacial score (nSPS) is 10.1. The molecule has 0 saturated carbocycles. The summed E-state index contributed by atoms with van der Waals surface area (Å²) < 4.78 is 0. The van der Waals surface area contributed by atoms with E-state index in [0.717, 1.165) is 11.1 Å². The molecule has 2 aromatic rings. The van der Waals surface area contributed by atoms with Crippen LogP contribution in [0.25, 0.3) is 11.1 Å². The third-order valence-electron chi connectivity index (χ3n) is 2.70. The lowest BCUT2D eigenvalue weighted by molar-refractivity contribution is -0.384. The van der Waals surface area contributed by atoms with Crippen molar-refractivity contribution in [3.63, 3.8) is 0 Å². The molecule has 0 N–H and O–H groups in total. The van der Waals surface area contributed by atoms with Crippen molar-refractivity contribution in [2.45, 2.75) is 6.92 Å². The van der Waals surface area contributed by atoms with Crippen LogP contribution in [0.3, 0.4) is 0 Å². The number of carbonyl (C=O) groups excluding carboxylic acids is 1. The summed E-state index contributed by atoms with van der Waals surface area (Å²) in [6.07, 6.45) is 0.644. The van der Waals surface area contributed by atoms with Crippen LogP contribution in [0.2, 0.25) is 0 Å². The average molecular weight is 241 g/mol. The first-order chi connectivity index (χ1) is 8.61. The summed E-state index contributed by atoms with van der Waals surface area (Å²) in [6, 6.07) is 12.0. The quantitative estimate of drug-likeness (QED) is 0.470. The lowest BCUT2D eigenvalue weighted by Crippen LogP contribution is -1.93. The van der Waals surface area contributed by atoms with Crippen molar-refractivity contribution in [2.75, 3.05) is 0 Å². The number of non-ortho nitro benzene ring substituents is 1. The fourth-order valence-electron chi connectivity index (χ4n) is 1.84. The Balaban J connectivity index is 2.58. The number of carbonyl (C=O) groups is 1. The second-order valence-corrected chi connectivity index (χ2v) is 4.02. The third-order valence-corrected chi connectivity index (χ3v) is 2.70. The van der Waals surface area contributed by atoms with Gasteiger partial charge in [0.05, 0.1) is 4.92 Å². The second kappa shape index (κ2) is 4.79. The van der Waals surface area contributed by atoms with Crippen LogP contribution in [0, 0.1) is 17.0 Å². The first-order valence-electron chi connectivity index (χ1n) is 5.42. The van der Waals surface area contributed by atoms with Crippen molar-refractivity contribution in [3.05, 3.63) is 63.7 Å². The van der Waals surface area contributed by atoms with E-state index < -0.39 is 4.92 Å². The van der Waals surface area contributed by atoms with E-state index in [-0.39, 0.29) is 5.69 Å². The van der Waals surface area contributed by atoms with Crippen molar-refractivity contribution in [1.29, 1.82) is 0 Å². The second-order valence-electron chi connectivity index (χ2n) is 4.02. The van der Waals surface area contributed by atoms with Gasteiger partial charge in [0.1, 0.15) is 0 Å². The first kappa shape index (κ1) is 12.0. The lowest BCUT2D eigenvalue weighted by atomic mass is 9.98. The number of benzene rings is 2. The van der Waals surface area contributed by atoms with Crippen LogP contribution < -0.4 is 0 Å². The van der Waals surface area contributed by atoms with Crippen LogP contribution in [0.1, 0.15) is 15.9 Å². The summed E-state index contributed by atoms with van der Waals surface area (Å²) in [5.41, 5.74) is 2.91. The molecule has 0 bridgehead atoms. The van der Waals surface area contributed by atoms with Crippen LogP contribution in [0.15, 0.2) is 42.5 Å². The Bertz CT molecular complexity index is 620. The van der Waals surface area contributed by atoms with Crippen LogP contribution in [0.5, 0.6) is 0 Å². The number of rotatable bonds is 3. The molecule has 90 valence electrons. The molecule has 0 aliphatic carbocycles. The molecule has 0 spiro atoms. The highest BCUT2D eigenvalue weighted by Crippen LogP contribution is 2.26. The van der Waals surface area contributed by atoms with Gasteiger partial charge in [-0.05, 0) is 24.1 Å². The molecule has 0 aliphatic heterocycles. The maximum atomic E-state index is 11.0. The largest absolute Gasteiger partial charge is 0.298 e. The summed E-state index contributed by atoms with van der Waals surface area (Å²) in [7, 11) is 0. The van der Waals surface area contributed by atoms with Gasteiger partial charge in [0.2, 0.25) is 0 Å². The number of aryl methyl sites for hydroxylation is 1. The number of hydrogen-bond acceptors (Lipinski definition) is 3. The van der Waals surface area contributed by atoms with Gasteiger partial charge in [0.15, 0.2) is 6.29 Å². The predicted octanol–water partition coefficient (Wildman–Crippen LogP) is 3.38. The molecular weight excluding hydrogens is 230 g/mol. The van der Waals surface area contributed by atoms with E-state index >= 15 is 0 Å². The van der Waals surface area contributed by atoms with E-state index in [4.69, 9.17) is 0 Å². The van der Waals surface area contributed by atoms with Crippen molar-refractivity contribution in [1.82, 2.24) is 0 Å². The van der Waals surface area contributed by atoms with Gasteiger partial charge in [-0.1, -0.05) is 29.8 Å².